The summed E-state index contributed by atoms with van der Waals surface area (Å²) in [5, 5.41) is 33.2. The number of carboxylic acid groups (broad SMARTS) is 2. The Kier molecular flexibility index (Phi) is 8.10. The van der Waals surface area contributed by atoms with E-state index in [9.17, 15) is 29.7 Å². The molecule has 0 bridgehead atoms. The minimum atomic E-state index is -1.27. The summed E-state index contributed by atoms with van der Waals surface area (Å²) in [5.41, 5.74) is -0.937. The highest BCUT2D eigenvalue weighted by Crippen LogP contribution is 2.56. The van der Waals surface area contributed by atoms with Crippen LogP contribution in [-0.4, -0.2) is 39.2 Å². The maximum Gasteiger partial charge on any atom is 0.326 e. The van der Waals surface area contributed by atoms with Gasteiger partial charge in [-0.2, -0.15) is 0 Å². The number of nitrogens with one attached hydrogen (secondary N) is 1. The minimum absolute atomic E-state index is 0.0195. The molecule has 10 heteroatoms. The van der Waals surface area contributed by atoms with Gasteiger partial charge in [0, 0.05) is 27.9 Å². The van der Waals surface area contributed by atoms with Gasteiger partial charge in [-0.3, -0.25) is 9.59 Å². The van der Waals surface area contributed by atoms with Gasteiger partial charge >= 0.3 is 11.9 Å². The molecule has 0 heterocycles. The molecule has 1 fully saturated rings. The number of halogens is 2. The maximum absolute atomic E-state index is 13.0. The Morgan fingerprint density at radius 3 is 2.28 bits per heavy atom. The molecule has 0 radical (unpaired) electrons. The van der Waals surface area contributed by atoms with Gasteiger partial charge in [0.2, 0.25) is 5.91 Å². The number of amides is 1. The predicted octanol–water partition coefficient (Wildman–Crippen LogP) is 4.92. The average Bonchev–Trinajstić information content (AvgIpc) is 3.04. The molecule has 2 unspecified atom stereocenters. The monoisotopic (exact) mass is 537 g/mol. The van der Waals surface area contributed by atoms with E-state index in [1.165, 1.54) is 12.1 Å². The summed E-state index contributed by atoms with van der Waals surface area (Å²) in [5.74, 6) is -3.42. The number of carbonyl (C=O) groups is 3. The van der Waals surface area contributed by atoms with Crippen molar-refractivity contribution in [3.05, 3.63) is 57.6 Å². The lowest BCUT2D eigenvalue weighted by atomic mass is 9.65. The Morgan fingerprint density at radius 2 is 1.75 bits per heavy atom. The third kappa shape index (κ3) is 5.39. The van der Waals surface area contributed by atoms with Crippen molar-refractivity contribution in [3.63, 3.8) is 0 Å². The van der Waals surface area contributed by atoms with E-state index in [0.29, 0.717) is 34.0 Å². The van der Waals surface area contributed by atoms with Crippen molar-refractivity contribution in [2.75, 3.05) is 0 Å². The fourth-order valence-electron chi connectivity index (χ4n) is 4.68. The van der Waals surface area contributed by atoms with Crippen LogP contribution in [0.5, 0.6) is 11.5 Å². The number of ether oxygens (including phenoxy) is 1. The van der Waals surface area contributed by atoms with Crippen LogP contribution in [0.25, 0.3) is 0 Å². The second-order valence-corrected chi connectivity index (χ2v) is 10.7. The fourth-order valence-corrected chi connectivity index (χ4v) is 5.19. The van der Waals surface area contributed by atoms with Gasteiger partial charge in [0.05, 0.1) is 5.41 Å². The molecule has 3 rings (SSSR count). The summed E-state index contributed by atoms with van der Waals surface area (Å²) < 4.78 is 5.63. The van der Waals surface area contributed by atoms with Crippen molar-refractivity contribution in [2.45, 2.75) is 52.7 Å². The third-order valence-electron chi connectivity index (χ3n) is 7.53. The number of carboxylic acids is 2. The number of aliphatic carboxylic acids is 2. The van der Waals surface area contributed by atoms with Gasteiger partial charge in [-0.05, 0) is 55.0 Å². The zero-order valence-corrected chi connectivity index (χ0v) is 21.7. The SMILES string of the molecule is CC1(C(=O)O)CCC(C(=O)N[C@@H](Cc2ccc(OCc3c(Cl)cccc3Cl)c(O)c2)C(=O)O)C1(C)C. The van der Waals surface area contributed by atoms with Gasteiger partial charge in [-0.25, -0.2) is 4.79 Å². The van der Waals surface area contributed by atoms with Crippen molar-refractivity contribution in [1.82, 2.24) is 5.32 Å². The van der Waals surface area contributed by atoms with Gasteiger partial charge in [0.15, 0.2) is 11.5 Å². The first-order valence-corrected chi connectivity index (χ1v) is 12.2. The van der Waals surface area contributed by atoms with Crippen LogP contribution in [0.1, 0.15) is 44.7 Å². The molecule has 1 saturated carbocycles. The minimum Gasteiger partial charge on any atom is -0.504 e. The largest absolute Gasteiger partial charge is 0.504 e. The summed E-state index contributed by atoms with van der Waals surface area (Å²) in [4.78, 5) is 36.7. The molecule has 4 N–H and O–H groups in total. The van der Waals surface area contributed by atoms with Gasteiger partial charge in [0.25, 0.3) is 0 Å². The van der Waals surface area contributed by atoms with Crippen molar-refractivity contribution in [3.8, 4) is 11.5 Å². The molecular weight excluding hydrogens is 509 g/mol. The zero-order chi connectivity index (χ0) is 26.8. The van der Waals surface area contributed by atoms with Crippen LogP contribution in [0.4, 0.5) is 0 Å². The molecule has 8 nitrogen and oxygen atoms in total. The van der Waals surface area contributed by atoms with Crippen molar-refractivity contribution in [2.24, 2.45) is 16.7 Å². The van der Waals surface area contributed by atoms with Gasteiger partial charge in [-0.1, -0.05) is 49.2 Å². The van der Waals surface area contributed by atoms with Crippen LogP contribution in [0.3, 0.4) is 0 Å². The smallest absolute Gasteiger partial charge is 0.326 e. The molecular formula is C26H29Cl2NO7. The molecule has 0 spiro atoms. The first-order valence-electron chi connectivity index (χ1n) is 11.4. The quantitative estimate of drug-likeness (QED) is 0.356. The normalized spacial score (nSPS) is 21.5. The Labute approximate surface area is 219 Å². The molecule has 2 aromatic rings. The molecule has 1 aliphatic carbocycles. The summed E-state index contributed by atoms with van der Waals surface area (Å²) in [6.07, 6.45) is 0.574. The number of hydrogen-bond donors (Lipinski definition) is 4. The van der Waals surface area contributed by atoms with E-state index in [1.807, 2.05) is 0 Å². The molecule has 3 atom stereocenters. The van der Waals surface area contributed by atoms with E-state index in [4.69, 9.17) is 27.9 Å². The third-order valence-corrected chi connectivity index (χ3v) is 8.23. The molecule has 2 aromatic carbocycles. The lowest BCUT2D eigenvalue weighted by Gasteiger charge is -2.38. The topological polar surface area (TPSA) is 133 Å². The molecule has 1 aliphatic rings. The predicted molar refractivity (Wildman–Crippen MR) is 134 cm³/mol. The number of phenols is 1. The zero-order valence-electron chi connectivity index (χ0n) is 20.2. The Bertz CT molecular complexity index is 1160. The molecule has 194 valence electrons. The van der Waals surface area contributed by atoms with E-state index in [-0.39, 0.29) is 24.5 Å². The first kappa shape index (κ1) is 27.6. The highest BCUT2D eigenvalue weighted by molar-refractivity contribution is 6.35. The van der Waals surface area contributed by atoms with Crippen LogP contribution in [0, 0.1) is 16.7 Å². The van der Waals surface area contributed by atoms with Crippen molar-refractivity contribution >= 4 is 41.0 Å². The summed E-state index contributed by atoms with van der Waals surface area (Å²) in [6, 6.07) is 8.23. The van der Waals surface area contributed by atoms with E-state index in [2.05, 4.69) is 5.32 Å². The summed E-state index contributed by atoms with van der Waals surface area (Å²) in [7, 11) is 0. The maximum atomic E-state index is 13.0. The van der Waals surface area contributed by atoms with Crippen LogP contribution in [0.2, 0.25) is 10.0 Å². The van der Waals surface area contributed by atoms with E-state index < -0.39 is 40.6 Å². The van der Waals surface area contributed by atoms with Crippen LogP contribution in [-0.2, 0) is 27.4 Å². The Hall–Kier alpha value is -2.97. The van der Waals surface area contributed by atoms with Crippen LogP contribution < -0.4 is 10.1 Å². The molecule has 36 heavy (non-hydrogen) atoms. The Morgan fingerprint density at radius 1 is 1.11 bits per heavy atom. The average molecular weight is 538 g/mol. The number of benzene rings is 2. The molecule has 0 aromatic heterocycles. The van der Waals surface area contributed by atoms with Gasteiger partial charge in [0.1, 0.15) is 12.6 Å². The summed E-state index contributed by atoms with van der Waals surface area (Å²) >= 11 is 12.3. The molecule has 0 aliphatic heterocycles. The van der Waals surface area contributed by atoms with Crippen LogP contribution >= 0.6 is 23.2 Å². The van der Waals surface area contributed by atoms with Crippen molar-refractivity contribution in [1.29, 1.82) is 0 Å². The van der Waals surface area contributed by atoms with E-state index >= 15 is 0 Å². The first-order chi connectivity index (χ1) is 16.8. The van der Waals surface area contributed by atoms with E-state index in [0.717, 1.165) is 0 Å². The van der Waals surface area contributed by atoms with Gasteiger partial charge < -0.3 is 25.4 Å². The van der Waals surface area contributed by atoms with Gasteiger partial charge in [-0.15, -0.1) is 0 Å². The number of carbonyl (C=O) groups excluding carboxylic acids is 1. The second kappa shape index (κ2) is 10.6. The lowest BCUT2D eigenvalue weighted by molar-refractivity contribution is -0.155. The Balaban J connectivity index is 1.69. The van der Waals surface area contributed by atoms with E-state index in [1.54, 1.807) is 45.0 Å². The highest BCUT2D eigenvalue weighted by Gasteiger charge is 2.58. The van der Waals surface area contributed by atoms with Crippen LogP contribution in [0.15, 0.2) is 36.4 Å². The number of phenolic OH excluding ortho intramolecular Hbond substituents is 1. The summed E-state index contributed by atoms with van der Waals surface area (Å²) in [6.45, 7) is 5.08. The number of rotatable bonds is 9. The number of hydrogen-bond acceptors (Lipinski definition) is 5. The molecule has 1 amide bonds. The second-order valence-electron chi connectivity index (χ2n) is 9.84. The fraction of sp³-hybridized carbons (Fsp3) is 0.423. The number of aromatic hydroxyl groups is 1. The highest BCUT2D eigenvalue weighted by atomic mass is 35.5. The molecule has 0 saturated heterocycles. The lowest BCUT2D eigenvalue weighted by Crippen LogP contribution is -2.49. The standard InChI is InChI=1S/C26H29Cl2NO7/c1-25(2)16(9-10-26(25,3)24(34)35)22(31)29-19(23(32)33)11-14-7-8-21(20(30)12-14)36-13-15-17(27)5-4-6-18(15)28/h4-8,12,16,19,30H,9-11,13H2,1-3H3,(H,29,31)(H,32,33)(H,34,35)/t16?,19-,26?/m0/s1. The van der Waals surface area contributed by atoms with Crippen molar-refractivity contribution < 1.29 is 34.4 Å².